The minimum atomic E-state index is 0.582. The van der Waals surface area contributed by atoms with Crippen LogP contribution in [0.15, 0.2) is 60.7 Å². The van der Waals surface area contributed by atoms with Crippen molar-refractivity contribution in [2.75, 3.05) is 0 Å². The number of rotatable bonds is 6. The van der Waals surface area contributed by atoms with Crippen LogP contribution in [0.2, 0.25) is 0 Å². The summed E-state index contributed by atoms with van der Waals surface area (Å²) in [6.45, 7) is 4.49. The number of aromatic nitrogens is 2. The van der Waals surface area contributed by atoms with Crippen LogP contribution < -0.4 is 0 Å². The molecule has 0 amide bonds. The van der Waals surface area contributed by atoms with Crippen molar-refractivity contribution in [3.05, 3.63) is 66.4 Å². The SMILES string of the molecule is CCCC(CC)c1cc(-c2cccc(-c3ccccc3)c2)n[nH]1. The normalized spacial score (nSPS) is 12.3. The highest BCUT2D eigenvalue weighted by molar-refractivity contribution is 5.71. The summed E-state index contributed by atoms with van der Waals surface area (Å²) in [6.07, 6.45) is 3.57. The zero-order valence-corrected chi connectivity index (χ0v) is 13.9. The first-order valence-corrected chi connectivity index (χ1v) is 8.53. The highest BCUT2D eigenvalue weighted by Gasteiger charge is 2.12. The van der Waals surface area contributed by atoms with Crippen LogP contribution in [0.25, 0.3) is 22.4 Å². The Kier molecular flexibility index (Phi) is 4.92. The molecule has 3 aromatic rings. The van der Waals surface area contributed by atoms with Crippen LogP contribution >= 0.6 is 0 Å². The maximum absolute atomic E-state index is 4.55. The smallest absolute Gasteiger partial charge is 0.0923 e. The molecule has 0 fully saturated rings. The molecule has 23 heavy (non-hydrogen) atoms. The molecule has 1 aromatic heterocycles. The van der Waals surface area contributed by atoms with Crippen molar-refractivity contribution >= 4 is 0 Å². The molecule has 3 rings (SSSR count). The van der Waals surface area contributed by atoms with Crippen molar-refractivity contribution in [2.24, 2.45) is 0 Å². The van der Waals surface area contributed by atoms with Gasteiger partial charge in [0.1, 0.15) is 0 Å². The third kappa shape index (κ3) is 3.53. The lowest BCUT2D eigenvalue weighted by molar-refractivity contribution is 0.579. The van der Waals surface area contributed by atoms with Gasteiger partial charge in [0.15, 0.2) is 0 Å². The van der Waals surface area contributed by atoms with E-state index in [1.165, 1.54) is 35.2 Å². The van der Waals surface area contributed by atoms with Crippen LogP contribution in [0.1, 0.15) is 44.7 Å². The Labute approximate surface area is 138 Å². The van der Waals surface area contributed by atoms with Gasteiger partial charge in [-0.25, -0.2) is 0 Å². The summed E-state index contributed by atoms with van der Waals surface area (Å²) >= 11 is 0. The van der Waals surface area contributed by atoms with E-state index in [1.54, 1.807) is 0 Å². The Morgan fingerprint density at radius 2 is 1.61 bits per heavy atom. The first-order valence-electron chi connectivity index (χ1n) is 8.53. The van der Waals surface area contributed by atoms with Crippen LogP contribution in [-0.2, 0) is 0 Å². The molecule has 118 valence electrons. The van der Waals surface area contributed by atoms with Crippen LogP contribution in [-0.4, -0.2) is 10.2 Å². The standard InChI is InChI=1S/C21H24N2/c1-3-9-16(4-2)20-15-21(23-22-20)19-13-8-12-18(14-19)17-10-6-5-7-11-17/h5-8,10-16H,3-4,9H2,1-2H3,(H,22,23). The van der Waals surface area contributed by atoms with Gasteiger partial charge < -0.3 is 0 Å². The predicted molar refractivity (Wildman–Crippen MR) is 97.4 cm³/mol. The summed E-state index contributed by atoms with van der Waals surface area (Å²) in [5.74, 6) is 0.582. The molecule has 1 unspecified atom stereocenters. The van der Waals surface area contributed by atoms with E-state index >= 15 is 0 Å². The third-order valence-corrected chi connectivity index (χ3v) is 4.43. The Balaban J connectivity index is 1.89. The summed E-state index contributed by atoms with van der Waals surface area (Å²) < 4.78 is 0. The summed E-state index contributed by atoms with van der Waals surface area (Å²) in [7, 11) is 0. The van der Waals surface area contributed by atoms with Gasteiger partial charge in [-0.3, -0.25) is 5.10 Å². The molecule has 1 atom stereocenters. The maximum Gasteiger partial charge on any atom is 0.0923 e. The van der Waals surface area contributed by atoms with Gasteiger partial charge in [0, 0.05) is 17.2 Å². The van der Waals surface area contributed by atoms with Gasteiger partial charge in [-0.1, -0.05) is 68.8 Å². The fourth-order valence-electron chi connectivity index (χ4n) is 3.11. The molecule has 2 heteroatoms. The van der Waals surface area contributed by atoms with Crippen molar-refractivity contribution in [1.82, 2.24) is 10.2 Å². The average molecular weight is 304 g/mol. The minimum absolute atomic E-state index is 0.582. The van der Waals surface area contributed by atoms with Crippen LogP contribution in [0, 0.1) is 0 Å². The molecule has 1 N–H and O–H groups in total. The second-order valence-electron chi connectivity index (χ2n) is 6.05. The topological polar surface area (TPSA) is 28.7 Å². The molecule has 0 saturated heterocycles. The summed E-state index contributed by atoms with van der Waals surface area (Å²) in [6, 6.07) is 21.3. The number of H-pyrrole nitrogens is 1. The Hall–Kier alpha value is -2.35. The molecular weight excluding hydrogens is 280 g/mol. The van der Waals surface area contributed by atoms with Crippen molar-refractivity contribution in [2.45, 2.75) is 39.0 Å². The second kappa shape index (κ2) is 7.28. The van der Waals surface area contributed by atoms with Crippen molar-refractivity contribution in [1.29, 1.82) is 0 Å². The van der Waals surface area contributed by atoms with E-state index in [0.717, 1.165) is 12.1 Å². The maximum atomic E-state index is 4.55. The second-order valence-corrected chi connectivity index (χ2v) is 6.05. The average Bonchev–Trinajstić information content (AvgIpc) is 3.10. The number of benzene rings is 2. The fraction of sp³-hybridized carbons (Fsp3) is 0.286. The van der Waals surface area contributed by atoms with Gasteiger partial charge in [0.2, 0.25) is 0 Å². The third-order valence-electron chi connectivity index (χ3n) is 4.43. The number of nitrogens with zero attached hydrogens (tertiary/aromatic N) is 1. The molecule has 0 aliphatic heterocycles. The number of hydrogen-bond acceptors (Lipinski definition) is 1. The summed E-state index contributed by atoms with van der Waals surface area (Å²) in [5.41, 5.74) is 5.93. The highest BCUT2D eigenvalue weighted by Crippen LogP contribution is 2.29. The lowest BCUT2D eigenvalue weighted by Crippen LogP contribution is -1.96. The van der Waals surface area contributed by atoms with E-state index < -0.39 is 0 Å². The lowest BCUT2D eigenvalue weighted by atomic mass is 9.96. The molecule has 0 saturated carbocycles. The molecule has 0 aliphatic carbocycles. The quantitative estimate of drug-likeness (QED) is 0.591. The molecule has 2 nitrogen and oxygen atoms in total. The van der Waals surface area contributed by atoms with Crippen molar-refractivity contribution in [3.63, 3.8) is 0 Å². The van der Waals surface area contributed by atoms with Gasteiger partial charge in [-0.05, 0) is 36.1 Å². The number of hydrogen-bond donors (Lipinski definition) is 1. The molecule has 1 heterocycles. The Morgan fingerprint density at radius 1 is 0.870 bits per heavy atom. The van der Waals surface area contributed by atoms with Crippen LogP contribution in [0.5, 0.6) is 0 Å². The first kappa shape index (κ1) is 15.5. The largest absolute Gasteiger partial charge is 0.282 e. The van der Waals surface area contributed by atoms with Crippen molar-refractivity contribution in [3.8, 4) is 22.4 Å². The molecule has 0 bridgehead atoms. The van der Waals surface area contributed by atoms with E-state index in [1.807, 2.05) is 6.07 Å². The van der Waals surface area contributed by atoms with Gasteiger partial charge in [-0.15, -0.1) is 0 Å². The molecule has 0 aliphatic rings. The van der Waals surface area contributed by atoms with Crippen LogP contribution in [0.4, 0.5) is 0 Å². The Morgan fingerprint density at radius 3 is 2.35 bits per heavy atom. The van der Waals surface area contributed by atoms with Gasteiger partial charge >= 0.3 is 0 Å². The van der Waals surface area contributed by atoms with E-state index in [-0.39, 0.29) is 0 Å². The number of nitrogens with one attached hydrogen (secondary N) is 1. The zero-order valence-electron chi connectivity index (χ0n) is 13.9. The van der Waals surface area contributed by atoms with E-state index in [9.17, 15) is 0 Å². The zero-order chi connectivity index (χ0) is 16.1. The summed E-state index contributed by atoms with van der Waals surface area (Å²) in [4.78, 5) is 0. The predicted octanol–water partition coefficient (Wildman–Crippen LogP) is 6.04. The van der Waals surface area contributed by atoms with E-state index in [0.29, 0.717) is 5.92 Å². The van der Waals surface area contributed by atoms with Gasteiger partial charge in [0.05, 0.1) is 5.69 Å². The molecule has 0 radical (unpaired) electrons. The number of aromatic amines is 1. The monoisotopic (exact) mass is 304 g/mol. The van der Waals surface area contributed by atoms with E-state index in [4.69, 9.17) is 0 Å². The lowest BCUT2D eigenvalue weighted by Gasteiger charge is -2.10. The van der Waals surface area contributed by atoms with E-state index in [2.05, 4.69) is 78.6 Å². The van der Waals surface area contributed by atoms with Crippen molar-refractivity contribution < 1.29 is 0 Å². The first-order chi connectivity index (χ1) is 11.3. The van der Waals surface area contributed by atoms with Gasteiger partial charge in [0.25, 0.3) is 0 Å². The molecule has 0 spiro atoms. The minimum Gasteiger partial charge on any atom is -0.282 e. The van der Waals surface area contributed by atoms with Gasteiger partial charge in [-0.2, -0.15) is 5.10 Å². The Bertz CT molecular complexity index is 743. The summed E-state index contributed by atoms with van der Waals surface area (Å²) in [5, 5.41) is 7.80. The molecule has 2 aromatic carbocycles. The highest BCUT2D eigenvalue weighted by atomic mass is 15.1. The van der Waals surface area contributed by atoms with Crippen LogP contribution in [0.3, 0.4) is 0 Å². The fourth-order valence-corrected chi connectivity index (χ4v) is 3.11. The molecular formula is C21H24N2.